The maximum absolute atomic E-state index is 6.01. The second-order valence-corrected chi connectivity index (χ2v) is 5.20. The third-order valence-corrected chi connectivity index (χ3v) is 3.77. The van der Waals surface area contributed by atoms with Crippen molar-refractivity contribution in [3.8, 4) is 11.5 Å². The fraction of sp³-hybridized carbons (Fsp3) is 0.235. The fourth-order valence-corrected chi connectivity index (χ4v) is 2.51. The molecule has 2 heterocycles. The maximum Gasteiger partial charge on any atom is 0.180 e. The molecule has 0 aliphatic rings. The van der Waals surface area contributed by atoms with E-state index in [1.54, 1.807) is 0 Å². The summed E-state index contributed by atoms with van der Waals surface area (Å²) in [5, 5.41) is 1.15. The molecule has 0 saturated carbocycles. The predicted octanol–water partition coefficient (Wildman–Crippen LogP) is 3.45. The van der Waals surface area contributed by atoms with E-state index in [0.29, 0.717) is 11.6 Å². The lowest BCUT2D eigenvalue weighted by Crippen LogP contribution is -2.05. The molecule has 0 radical (unpaired) electrons. The SMILES string of the molecule is CCc1nc(-c2cc(C)c3ccccc3n2)nc(N)c1C. The smallest absolute Gasteiger partial charge is 0.180 e. The number of aromatic nitrogens is 3. The summed E-state index contributed by atoms with van der Waals surface area (Å²) in [7, 11) is 0. The van der Waals surface area contributed by atoms with Gasteiger partial charge in [0.15, 0.2) is 5.82 Å². The second-order valence-electron chi connectivity index (χ2n) is 5.20. The lowest BCUT2D eigenvalue weighted by molar-refractivity contribution is 0.977. The van der Waals surface area contributed by atoms with Crippen LogP contribution in [0.5, 0.6) is 0 Å². The van der Waals surface area contributed by atoms with Crippen molar-refractivity contribution in [2.75, 3.05) is 5.73 Å². The van der Waals surface area contributed by atoms with Crippen molar-refractivity contribution in [1.82, 2.24) is 15.0 Å². The molecule has 3 aromatic rings. The average Bonchev–Trinajstić information content (AvgIpc) is 2.50. The Morgan fingerprint density at radius 1 is 1.05 bits per heavy atom. The topological polar surface area (TPSA) is 64.7 Å². The number of anilines is 1. The van der Waals surface area contributed by atoms with E-state index in [4.69, 9.17) is 5.73 Å². The van der Waals surface area contributed by atoms with Crippen LogP contribution in [0.1, 0.15) is 23.7 Å². The standard InChI is InChI=1S/C17H18N4/c1-4-13-11(3)16(18)21-17(20-13)15-9-10(2)12-7-5-6-8-14(12)19-15/h5-9H,4H2,1-3H3,(H2,18,20,21). The van der Waals surface area contributed by atoms with Crippen LogP contribution in [0.15, 0.2) is 30.3 Å². The van der Waals surface area contributed by atoms with Crippen molar-refractivity contribution in [2.24, 2.45) is 0 Å². The number of rotatable bonds is 2. The zero-order valence-electron chi connectivity index (χ0n) is 12.5. The molecule has 2 aromatic heterocycles. The largest absolute Gasteiger partial charge is 0.383 e. The molecule has 4 nitrogen and oxygen atoms in total. The Balaban J connectivity index is 2.23. The third kappa shape index (κ3) is 2.33. The Hall–Kier alpha value is -2.49. The molecule has 0 saturated heterocycles. The van der Waals surface area contributed by atoms with E-state index in [0.717, 1.165) is 39.8 Å². The van der Waals surface area contributed by atoms with Gasteiger partial charge < -0.3 is 5.73 Å². The molecule has 0 unspecified atom stereocenters. The van der Waals surface area contributed by atoms with E-state index in [1.165, 1.54) is 0 Å². The van der Waals surface area contributed by atoms with Crippen LogP contribution in [-0.4, -0.2) is 15.0 Å². The van der Waals surface area contributed by atoms with Crippen LogP contribution in [0.4, 0.5) is 5.82 Å². The van der Waals surface area contributed by atoms with Crippen LogP contribution in [0.3, 0.4) is 0 Å². The van der Waals surface area contributed by atoms with Crippen molar-refractivity contribution in [3.63, 3.8) is 0 Å². The molecular formula is C17H18N4. The highest BCUT2D eigenvalue weighted by Gasteiger charge is 2.11. The van der Waals surface area contributed by atoms with E-state index in [9.17, 15) is 0 Å². The number of hydrogen-bond donors (Lipinski definition) is 1. The van der Waals surface area contributed by atoms with Gasteiger partial charge in [0.1, 0.15) is 11.5 Å². The van der Waals surface area contributed by atoms with Crippen LogP contribution in [0.2, 0.25) is 0 Å². The van der Waals surface area contributed by atoms with E-state index in [1.807, 2.05) is 31.2 Å². The van der Waals surface area contributed by atoms with Gasteiger partial charge in [-0.1, -0.05) is 25.1 Å². The van der Waals surface area contributed by atoms with Crippen LogP contribution in [0.25, 0.3) is 22.4 Å². The number of aryl methyl sites for hydroxylation is 2. The van der Waals surface area contributed by atoms with Gasteiger partial charge in [0, 0.05) is 16.6 Å². The first kappa shape index (κ1) is 13.5. The van der Waals surface area contributed by atoms with Gasteiger partial charge in [0.25, 0.3) is 0 Å². The lowest BCUT2D eigenvalue weighted by atomic mass is 10.1. The predicted molar refractivity (Wildman–Crippen MR) is 86.0 cm³/mol. The monoisotopic (exact) mass is 278 g/mol. The van der Waals surface area contributed by atoms with Gasteiger partial charge in [-0.25, -0.2) is 15.0 Å². The number of benzene rings is 1. The molecular weight excluding hydrogens is 260 g/mol. The summed E-state index contributed by atoms with van der Waals surface area (Å²) in [5.74, 6) is 1.13. The number of pyridine rings is 1. The minimum absolute atomic E-state index is 0.532. The Kier molecular flexibility index (Phi) is 3.29. The van der Waals surface area contributed by atoms with Crippen molar-refractivity contribution < 1.29 is 0 Å². The zero-order chi connectivity index (χ0) is 15.0. The number of nitrogens with two attached hydrogens (primary N) is 1. The molecule has 106 valence electrons. The average molecular weight is 278 g/mol. The van der Waals surface area contributed by atoms with Crippen molar-refractivity contribution in [1.29, 1.82) is 0 Å². The zero-order valence-corrected chi connectivity index (χ0v) is 12.5. The van der Waals surface area contributed by atoms with Gasteiger partial charge in [-0.2, -0.15) is 0 Å². The first-order valence-corrected chi connectivity index (χ1v) is 7.10. The van der Waals surface area contributed by atoms with Crippen LogP contribution in [-0.2, 0) is 6.42 Å². The highest BCUT2D eigenvalue weighted by molar-refractivity contribution is 5.84. The Morgan fingerprint density at radius 3 is 2.57 bits per heavy atom. The number of nitrogen functional groups attached to an aromatic ring is 1. The van der Waals surface area contributed by atoms with E-state index >= 15 is 0 Å². The normalized spacial score (nSPS) is 11.0. The first-order chi connectivity index (χ1) is 10.1. The van der Waals surface area contributed by atoms with E-state index in [2.05, 4.69) is 34.9 Å². The lowest BCUT2D eigenvalue weighted by Gasteiger charge is -2.10. The highest BCUT2D eigenvalue weighted by Crippen LogP contribution is 2.24. The van der Waals surface area contributed by atoms with E-state index < -0.39 is 0 Å². The van der Waals surface area contributed by atoms with Gasteiger partial charge in [0.05, 0.1) is 5.52 Å². The molecule has 1 aromatic carbocycles. The minimum atomic E-state index is 0.532. The number of hydrogen-bond acceptors (Lipinski definition) is 4. The summed E-state index contributed by atoms with van der Waals surface area (Å²) < 4.78 is 0. The van der Waals surface area contributed by atoms with Gasteiger partial charge in [-0.05, 0) is 38.0 Å². The van der Waals surface area contributed by atoms with Gasteiger partial charge in [-0.3, -0.25) is 0 Å². The Labute approximate surface area is 124 Å². The molecule has 0 aliphatic heterocycles. The molecule has 21 heavy (non-hydrogen) atoms. The molecule has 4 heteroatoms. The van der Waals surface area contributed by atoms with Crippen molar-refractivity contribution in [3.05, 3.63) is 47.2 Å². The summed E-state index contributed by atoms with van der Waals surface area (Å²) in [6, 6.07) is 10.1. The molecule has 0 aliphatic carbocycles. The summed E-state index contributed by atoms with van der Waals surface area (Å²) in [6.07, 6.45) is 0.831. The van der Waals surface area contributed by atoms with Gasteiger partial charge in [-0.15, -0.1) is 0 Å². The summed E-state index contributed by atoms with van der Waals surface area (Å²) >= 11 is 0. The third-order valence-electron chi connectivity index (χ3n) is 3.77. The molecule has 0 fully saturated rings. The number of para-hydroxylation sites is 1. The fourth-order valence-electron chi connectivity index (χ4n) is 2.51. The molecule has 3 rings (SSSR count). The Morgan fingerprint density at radius 2 is 1.81 bits per heavy atom. The first-order valence-electron chi connectivity index (χ1n) is 7.10. The molecule has 0 atom stereocenters. The summed E-state index contributed by atoms with van der Waals surface area (Å²) in [6.45, 7) is 6.10. The summed E-state index contributed by atoms with van der Waals surface area (Å²) in [5.41, 5.74) is 10.8. The highest BCUT2D eigenvalue weighted by atomic mass is 15.0. The van der Waals surface area contributed by atoms with E-state index in [-0.39, 0.29) is 0 Å². The molecule has 0 spiro atoms. The van der Waals surface area contributed by atoms with Crippen molar-refractivity contribution in [2.45, 2.75) is 27.2 Å². The van der Waals surface area contributed by atoms with Crippen LogP contribution in [0, 0.1) is 13.8 Å². The number of fused-ring (bicyclic) bond motifs is 1. The van der Waals surface area contributed by atoms with Gasteiger partial charge >= 0.3 is 0 Å². The van der Waals surface area contributed by atoms with Crippen LogP contribution >= 0.6 is 0 Å². The molecule has 0 amide bonds. The minimum Gasteiger partial charge on any atom is -0.383 e. The molecule has 2 N–H and O–H groups in total. The second kappa shape index (κ2) is 5.13. The Bertz CT molecular complexity index is 824. The molecule has 0 bridgehead atoms. The quantitative estimate of drug-likeness (QED) is 0.779. The van der Waals surface area contributed by atoms with Crippen LogP contribution < -0.4 is 5.73 Å². The number of nitrogens with zero attached hydrogens (tertiary/aromatic N) is 3. The van der Waals surface area contributed by atoms with Crippen molar-refractivity contribution >= 4 is 16.7 Å². The van der Waals surface area contributed by atoms with Gasteiger partial charge in [0.2, 0.25) is 0 Å². The maximum atomic E-state index is 6.01. The summed E-state index contributed by atoms with van der Waals surface area (Å²) in [4.78, 5) is 13.7.